The minimum absolute atomic E-state index is 0.0349. The fourth-order valence-corrected chi connectivity index (χ4v) is 3.13. The molecule has 3 N–H and O–H groups in total. The van der Waals surface area contributed by atoms with Gasteiger partial charge in [0.1, 0.15) is 29.6 Å². The van der Waals surface area contributed by atoms with Gasteiger partial charge in [-0.15, -0.1) is 0 Å². The standard InChI is InChI=1S/C22H19N3O6/c1-29-11-14-9-16(27)20(28)21(31-14)19-18(12-5-6-15(26)17(8-12)30-2)24-22(25-19)13-4-3-7-23-10-13/h3-10,26,28H,11H2,1-2H3,(H,24,25). The molecule has 4 rings (SSSR count). The van der Waals surface area contributed by atoms with Gasteiger partial charge in [-0.3, -0.25) is 9.78 Å². The quantitative estimate of drug-likeness (QED) is 0.432. The number of methoxy groups -OCH3 is 2. The van der Waals surface area contributed by atoms with E-state index in [1.54, 1.807) is 30.6 Å². The molecule has 0 amide bonds. The van der Waals surface area contributed by atoms with E-state index in [0.29, 0.717) is 22.6 Å². The Morgan fingerprint density at radius 2 is 1.97 bits per heavy atom. The smallest absolute Gasteiger partial charge is 0.227 e. The molecule has 0 aliphatic carbocycles. The Morgan fingerprint density at radius 1 is 1.13 bits per heavy atom. The molecule has 4 aromatic rings. The normalized spacial score (nSPS) is 10.9. The number of ether oxygens (including phenoxy) is 2. The van der Waals surface area contributed by atoms with Crippen LogP contribution in [0.15, 0.2) is 58.0 Å². The van der Waals surface area contributed by atoms with Gasteiger partial charge >= 0.3 is 0 Å². The first-order valence-electron chi connectivity index (χ1n) is 9.25. The second-order valence-electron chi connectivity index (χ2n) is 6.63. The van der Waals surface area contributed by atoms with E-state index in [4.69, 9.17) is 13.9 Å². The predicted octanol–water partition coefficient (Wildman–Crippen LogP) is 3.33. The molecule has 3 heterocycles. The monoisotopic (exact) mass is 421 g/mol. The average Bonchev–Trinajstić information content (AvgIpc) is 3.22. The Hall–Kier alpha value is -4.11. The second-order valence-corrected chi connectivity index (χ2v) is 6.63. The fourth-order valence-electron chi connectivity index (χ4n) is 3.13. The molecule has 0 atom stereocenters. The van der Waals surface area contributed by atoms with Gasteiger partial charge in [0.25, 0.3) is 0 Å². The highest BCUT2D eigenvalue weighted by atomic mass is 16.5. The number of nitrogens with one attached hydrogen (secondary N) is 1. The van der Waals surface area contributed by atoms with Crippen molar-refractivity contribution in [1.82, 2.24) is 15.0 Å². The van der Waals surface area contributed by atoms with Gasteiger partial charge in [0, 0.05) is 36.7 Å². The maximum absolute atomic E-state index is 12.3. The van der Waals surface area contributed by atoms with Gasteiger partial charge in [-0.05, 0) is 30.3 Å². The van der Waals surface area contributed by atoms with E-state index in [-0.39, 0.29) is 35.3 Å². The number of imidazole rings is 1. The van der Waals surface area contributed by atoms with E-state index in [1.165, 1.54) is 26.4 Å². The number of pyridine rings is 1. The van der Waals surface area contributed by atoms with Crippen LogP contribution in [0.2, 0.25) is 0 Å². The van der Waals surface area contributed by atoms with Gasteiger partial charge in [0.15, 0.2) is 17.3 Å². The maximum Gasteiger partial charge on any atom is 0.227 e. The van der Waals surface area contributed by atoms with Crippen LogP contribution in [0.25, 0.3) is 34.1 Å². The van der Waals surface area contributed by atoms with Gasteiger partial charge in [0.05, 0.1) is 7.11 Å². The summed E-state index contributed by atoms with van der Waals surface area (Å²) in [5.41, 5.74) is 1.30. The molecule has 0 fully saturated rings. The van der Waals surface area contributed by atoms with Crippen LogP contribution in [0.4, 0.5) is 0 Å². The molecule has 9 nitrogen and oxygen atoms in total. The van der Waals surface area contributed by atoms with E-state index in [0.717, 1.165) is 0 Å². The minimum Gasteiger partial charge on any atom is -0.504 e. The molecule has 3 aromatic heterocycles. The van der Waals surface area contributed by atoms with Gasteiger partial charge in [-0.2, -0.15) is 0 Å². The summed E-state index contributed by atoms with van der Waals surface area (Å²) in [5.74, 6) is 0.259. The van der Waals surface area contributed by atoms with Crippen molar-refractivity contribution >= 4 is 0 Å². The number of rotatable bonds is 6. The van der Waals surface area contributed by atoms with Gasteiger partial charge in [0.2, 0.25) is 11.2 Å². The van der Waals surface area contributed by atoms with E-state index < -0.39 is 11.2 Å². The van der Waals surface area contributed by atoms with Crippen LogP contribution in [-0.4, -0.2) is 39.4 Å². The third kappa shape index (κ3) is 3.86. The Morgan fingerprint density at radius 3 is 2.68 bits per heavy atom. The molecule has 1 aromatic carbocycles. The van der Waals surface area contributed by atoms with Crippen molar-refractivity contribution in [3.05, 3.63) is 64.8 Å². The van der Waals surface area contributed by atoms with Crippen molar-refractivity contribution in [3.63, 3.8) is 0 Å². The van der Waals surface area contributed by atoms with Crippen molar-refractivity contribution in [2.24, 2.45) is 0 Å². The zero-order chi connectivity index (χ0) is 22.0. The molecule has 0 spiro atoms. The largest absolute Gasteiger partial charge is 0.504 e. The molecule has 0 aliphatic heterocycles. The number of aromatic nitrogens is 3. The lowest BCUT2D eigenvalue weighted by atomic mass is 10.1. The van der Waals surface area contributed by atoms with Crippen molar-refractivity contribution < 1.29 is 24.1 Å². The van der Waals surface area contributed by atoms with E-state index in [1.807, 2.05) is 6.07 Å². The van der Waals surface area contributed by atoms with Gasteiger partial charge in [-0.25, -0.2) is 4.98 Å². The van der Waals surface area contributed by atoms with Gasteiger partial charge in [-0.1, -0.05) is 0 Å². The lowest BCUT2D eigenvalue weighted by molar-refractivity contribution is 0.162. The van der Waals surface area contributed by atoms with Crippen LogP contribution in [0.5, 0.6) is 17.2 Å². The number of H-pyrrole nitrogens is 1. The highest BCUT2D eigenvalue weighted by molar-refractivity contribution is 5.82. The molecule has 0 unspecified atom stereocenters. The number of hydrogen-bond donors (Lipinski definition) is 3. The summed E-state index contributed by atoms with van der Waals surface area (Å²) >= 11 is 0. The molecule has 31 heavy (non-hydrogen) atoms. The summed E-state index contributed by atoms with van der Waals surface area (Å²) in [6.45, 7) is 0.0501. The second kappa shape index (κ2) is 8.33. The summed E-state index contributed by atoms with van der Waals surface area (Å²) in [4.78, 5) is 24.2. The zero-order valence-electron chi connectivity index (χ0n) is 16.7. The lowest BCUT2D eigenvalue weighted by Crippen LogP contribution is -2.04. The molecule has 158 valence electrons. The van der Waals surface area contributed by atoms with E-state index in [9.17, 15) is 15.0 Å². The molecular weight excluding hydrogens is 402 g/mol. The number of aromatic amines is 1. The van der Waals surface area contributed by atoms with Crippen molar-refractivity contribution in [2.45, 2.75) is 6.61 Å². The summed E-state index contributed by atoms with van der Waals surface area (Å²) in [6.07, 6.45) is 3.26. The molecule has 0 saturated heterocycles. The summed E-state index contributed by atoms with van der Waals surface area (Å²) < 4.78 is 16.0. The van der Waals surface area contributed by atoms with Crippen LogP contribution in [0.3, 0.4) is 0 Å². The SMILES string of the molecule is COCc1cc(=O)c(O)c(-c2[nH]c(-c3cccnc3)nc2-c2ccc(O)c(OC)c2)o1. The third-order valence-corrected chi connectivity index (χ3v) is 4.58. The Balaban J connectivity index is 1.98. The third-order valence-electron chi connectivity index (χ3n) is 4.58. The topological polar surface area (TPSA) is 131 Å². The number of nitrogens with zero attached hydrogens (tertiary/aromatic N) is 2. The Bertz CT molecular complexity index is 1280. The number of hydrogen-bond acceptors (Lipinski definition) is 8. The van der Waals surface area contributed by atoms with Crippen molar-refractivity contribution in [2.75, 3.05) is 14.2 Å². The van der Waals surface area contributed by atoms with Crippen LogP contribution in [0.1, 0.15) is 5.76 Å². The van der Waals surface area contributed by atoms with Gasteiger partial charge < -0.3 is 29.1 Å². The van der Waals surface area contributed by atoms with E-state index >= 15 is 0 Å². The number of phenolic OH excluding ortho intramolecular Hbond substituents is 1. The highest BCUT2D eigenvalue weighted by Crippen LogP contribution is 2.39. The van der Waals surface area contributed by atoms with E-state index in [2.05, 4.69) is 15.0 Å². The average molecular weight is 421 g/mol. The summed E-state index contributed by atoms with van der Waals surface area (Å²) in [6, 6.07) is 9.44. The highest BCUT2D eigenvalue weighted by Gasteiger charge is 2.23. The molecule has 0 aliphatic rings. The molecule has 0 bridgehead atoms. The molecule has 9 heteroatoms. The number of benzene rings is 1. The maximum atomic E-state index is 12.3. The summed E-state index contributed by atoms with van der Waals surface area (Å²) in [5, 5.41) is 20.4. The molecule has 0 saturated carbocycles. The minimum atomic E-state index is -0.611. The van der Waals surface area contributed by atoms with Crippen LogP contribution < -0.4 is 10.2 Å². The summed E-state index contributed by atoms with van der Waals surface area (Å²) in [7, 11) is 2.90. The van der Waals surface area contributed by atoms with Crippen molar-refractivity contribution in [1.29, 1.82) is 0 Å². The lowest BCUT2D eigenvalue weighted by Gasteiger charge is -2.08. The van der Waals surface area contributed by atoms with Crippen LogP contribution in [0, 0.1) is 0 Å². The fraction of sp³-hybridized carbons (Fsp3) is 0.136. The van der Waals surface area contributed by atoms with Crippen molar-refractivity contribution in [3.8, 4) is 51.3 Å². The first-order valence-corrected chi connectivity index (χ1v) is 9.25. The predicted molar refractivity (Wildman–Crippen MR) is 112 cm³/mol. The Kier molecular flexibility index (Phi) is 5.42. The number of phenols is 1. The zero-order valence-corrected chi connectivity index (χ0v) is 16.7. The Labute approximate surface area is 176 Å². The van der Waals surface area contributed by atoms with Crippen LogP contribution >= 0.6 is 0 Å². The molecular formula is C22H19N3O6. The molecule has 0 radical (unpaired) electrons. The first-order chi connectivity index (χ1) is 15.0. The van der Waals surface area contributed by atoms with Crippen LogP contribution in [-0.2, 0) is 11.3 Å². The number of aromatic hydroxyl groups is 2. The first kappa shape index (κ1) is 20.2.